The SMILES string of the molecule is Cc1ccc(S(=O)(=O)N2[C@H](O)[C@@H](O[Si](C)(C)C(C)(C)C)[C@@H](c3cccnc3)[C@@H]([N+](=O)[O-])[C@@H]2c2ccccc2)cc1. The molecule has 0 radical (unpaired) electrons. The molecule has 0 saturated carbocycles. The van der Waals surface area contributed by atoms with Crippen LogP contribution in [0.3, 0.4) is 0 Å². The summed E-state index contributed by atoms with van der Waals surface area (Å²) in [6, 6.07) is 15.3. The zero-order chi connectivity index (χ0) is 29.5. The maximum Gasteiger partial charge on any atom is 0.246 e. The monoisotopic (exact) mass is 583 g/mol. The van der Waals surface area contributed by atoms with Crippen LogP contribution in [0.25, 0.3) is 0 Å². The highest BCUT2D eigenvalue weighted by molar-refractivity contribution is 7.89. The largest absolute Gasteiger partial charge is 0.409 e. The molecule has 40 heavy (non-hydrogen) atoms. The molecule has 9 nitrogen and oxygen atoms in total. The van der Waals surface area contributed by atoms with E-state index < -0.39 is 53.6 Å². The number of nitro groups is 1. The van der Waals surface area contributed by atoms with E-state index >= 15 is 0 Å². The van der Waals surface area contributed by atoms with Crippen LogP contribution in [0.15, 0.2) is 84.0 Å². The Labute approximate surface area is 237 Å². The lowest BCUT2D eigenvalue weighted by molar-refractivity contribution is -0.543. The second kappa shape index (κ2) is 11.1. The Bertz CT molecular complexity index is 1430. The van der Waals surface area contributed by atoms with Crippen LogP contribution >= 0.6 is 0 Å². The molecule has 4 rings (SSSR count). The van der Waals surface area contributed by atoms with Crippen molar-refractivity contribution >= 4 is 18.3 Å². The Morgan fingerprint density at radius 2 is 1.60 bits per heavy atom. The molecule has 1 aromatic heterocycles. The summed E-state index contributed by atoms with van der Waals surface area (Å²) in [5.41, 5.74) is 1.76. The molecule has 3 aromatic rings. The molecule has 5 atom stereocenters. The molecule has 1 N–H and O–H groups in total. The first-order chi connectivity index (χ1) is 18.7. The van der Waals surface area contributed by atoms with Crippen molar-refractivity contribution < 1.29 is 22.9 Å². The van der Waals surface area contributed by atoms with Crippen LogP contribution in [0.1, 0.15) is 49.4 Å². The highest BCUT2D eigenvalue weighted by Crippen LogP contribution is 2.49. The maximum atomic E-state index is 14.3. The third-order valence-corrected chi connectivity index (χ3v) is 14.5. The van der Waals surface area contributed by atoms with Gasteiger partial charge in [-0.2, -0.15) is 4.31 Å². The molecule has 0 spiro atoms. The maximum absolute atomic E-state index is 14.3. The molecular formula is C29H37N3O6SSi. The average Bonchev–Trinajstić information content (AvgIpc) is 2.89. The van der Waals surface area contributed by atoms with Crippen LogP contribution < -0.4 is 0 Å². The van der Waals surface area contributed by atoms with E-state index in [2.05, 4.69) is 4.98 Å². The number of rotatable bonds is 7. The molecule has 1 saturated heterocycles. The van der Waals surface area contributed by atoms with Crippen molar-refractivity contribution in [3.8, 4) is 0 Å². The van der Waals surface area contributed by atoms with Crippen molar-refractivity contribution in [1.82, 2.24) is 9.29 Å². The Kier molecular flexibility index (Phi) is 8.35. The van der Waals surface area contributed by atoms with Crippen molar-refractivity contribution in [2.45, 2.75) is 81.1 Å². The van der Waals surface area contributed by atoms with E-state index in [1.165, 1.54) is 18.3 Å². The summed E-state index contributed by atoms with van der Waals surface area (Å²) in [6.45, 7) is 11.8. The van der Waals surface area contributed by atoms with E-state index in [-0.39, 0.29) is 9.93 Å². The van der Waals surface area contributed by atoms with Crippen molar-refractivity contribution in [2.24, 2.45) is 0 Å². The fraction of sp³-hybridized carbons (Fsp3) is 0.414. The Morgan fingerprint density at radius 3 is 2.12 bits per heavy atom. The molecule has 1 aliphatic heterocycles. The number of aliphatic hydroxyl groups is 1. The molecule has 0 amide bonds. The second-order valence-corrected chi connectivity index (χ2v) is 18.4. The normalized spacial score (nSPS) is 24.5. The first-order valence-electron chi connectivity index (χ1n) is 13.2. The van der Waals surface area contributed by atoms with Crippen molar-refractivity contribution in [1.29, 1.82) is 0 Å². The number of nitrogens with zero attached hydrogens (tertiary/aromatic N) is 3. The van der Waals surface area contributed by atoms with Crippen molar-refractivity contribution in [3.05, 3.63) is 106 Å². The topological polar surface area (TPSA) is 123 Å². The first-order valence-corrected chi connectivity index (χ1v) is 17.6. The predicted molar refractivity (Wildman–Crippen MR) is 155 cm³/mol. The number of sulfonamides is 1. The van der Waals surface area contributed by atoms with E-state index in [0.29, 0.717) is 11.1 Å². The predicted octanol–water partition coefficient (Wildman–Crippen LogP) is 5.27. The third kappa shape index (κ3) is 5.61. The van der Waals surface area contributed by atoms with Gasteiger partial charge >= 0.3 is 0 Å². The van der Waals surface area contributed by atoms with Gasteiger partial charge in [0.15, 0.2) is 8.32 Å². The number of piperidine rings is 1. The highest BCUT2D eigenvalue weighted by Gasteiger charge is 2.61. The van der Waals surface area contributed by atoms with E-state index in [1.54, 1.807) is 60.8 Å². The van der Waals surface area contributed by atoms with Gasteiger partial charge in [-0.05, 0) is 54.4 Å². The van der Waals surface area contributed by atoms with Gasteiger partial charge in [-0.15, -0.1) is 0 Å². The minimum absolute atomic E-state index is 0.0638. The molecular weight excluding hydrogens is 546 g/mol. The Morgan fingerprint density at radius 1 is 1.00 bits per heavy atom. The summed E-state index contributed by atoms with van der Waals surface area (Å²) in [5, 5.41) is 24.8. The standard InChI is InChI=1S/C29H37N3O6SSi/c1-20-14-16-23(17-15-20)39(36,37)31-25(21-11-8-7-9-12-21)26(32(34)35)24(22-13-10-18-30-19-22)27(28(31)33)38-40(5,6)29(2,3)4/h7-19,24-28,33H,1-6H3/t24-,25-,26+,27-,28+/m0/s1. The highest BCUT2D eigenvalue weighted by atomic mass is 32.2. The number of aliphatic hydroxyl groups excluding tert-OH is 1. The van der Waals surface area contributed by atoms with E-state index in [0.717, 1.165) is 9.87 Å². The lowest BCUT2D eigenvalue weighted by Crippen LogP contribution is -2.65. The molecule has 11 heteroatoms. The molecule has 2 aromatic carbocycles. The van der Waals surface area contributed by atoms with Gasteiger partial charge in [0, 0.05) is 17.3 Å². The van der Waals surface area contributed by atoms with E-state index in [9.17, 15) is 23.6 Å². The van der Waals surface area contributed by atoms with Gasteiger partial charge in [-0.1, -0.05) is 74.9 Å². The van der Waals surface area contributed by atoms with Gasteiger partial charge in [0.2, 0.25) is 16.1 Å². The van der Waals surface area contributed by atoms with Crippen LogP contribution in [0, 0.1) is 17.0 Å². The fourth-order valence-electron chi connectivity index (χ4n) is 5.01. The number of hydrogen-bond acceptors (Lipinski definition) is 7. The Balaban J connectivity index is 2.01. The number of benzene rings is 2. The van der Waals surface area contributed by atoms with Crippen molar-refractivity contribution in [3.63, 3.8) is 0 Å². The van der Waals surface area contributed by atoms with Gasteiger partial charge in [-0.25, -0.2) is 8.42 Å². The molecule has 214 valence electrons. The van der Waals surface area contributed by atoms with Gasteiger partial charge < -0.3 is 9.53 Å². The quantitative estimate of drug-likeness (QED) is 0.228. The number of aromatic nitrogens is 1. The van der Waals surface area contributed by atoms with Gasteiger partial charge in [0.25, 0.3) is 0 Å². The summed E-state index contributed by atoms with van der Waals surface area (Å²) in [4.78, 5) is 16.7. The summed E-state index contributed by atoms with van der Waals surface area (Å²) < 4.78 is 36.2. The molecule has 0 bridgehead atoms. The van der Waals surface area contributed by atoms with E-state index in [4.69, 9.17) is 4.43 Å². The number of pyridine rings is 1. The van der Waals surface area contributed by atoms with E-state index in [1.807, 2.05) is 40.8 Å². The molecule has 0 unspecified atom stereocenters. The molecule has 2 heterocycles. The number of hydrogen-bond donors (Lipinski definition) is 1. The van der Waals surface area contributed by atoms with Crippen molar-refractivity contribution in [2.75, 3.05) is 0 Å². The smallest absolute Gasteiger partial charge is 0.246 e. The summed E-state index contributed by atoms with van der Waals surface area (Å²) in [5.74, 6) is -0.984. The van der Waals surface area contributed by atoms with Crippen LogP contribution in [-0.2, 0) is 14.4 Å². The summed E-state index contributed by atoms with van der Waals surface area (Å²) >= 11 is 0. The van der Waals surface area contributed by atoms with Crippen LogP contribution in [-0.4, -0.2) is 54.4 Å². The average molecular weight is 584 g/mol. The molecule has 1 aliphatic rings. The number of aryl methyl sites for hydroxylation is 1. The lowest BCUT2D eigenvalue weighted by Gasteiger charge is -2.50. The van der Waals surface area contributed by atoms with Gasteiger partial charge in [0.1, 0.15) is 12.3 Å². The van der Waals surface area contributed by atoms with Crippen LogP contribution in [0.2, 0.25) is 18.1 Å². The van der Waals surface area contributed by atoms with Crippen LogP contribution in [0.4, 0.5) is 0 Å². The molecule has 1 fully saturated rings. The third-order valence-electron chi connectivity index (χ3n) is 8.16. The van der Waals surface area contributed by atoms with Gasteiger partial charge in [-0.3, -0.25) is 15.1 Å². The van der Waals surface area contributed by atoms with Crippen LogP contribution in [0.5, 0.6) is 0 Å². The first kappa shape index (κ1) is 30.0. The summed E-state index contributed by atoms with van der Waals surface area (Å²) in [6.07, 6.45) is 0.158. The zero-order valence-electron chi connectivity index (χ0n) is 23.6. The second-order valence-electron chi connectivity index (χ2n) is 11.8. The fourth-order valence-corrected chi connectivity index (χ4v) is 7.99. The molecule has 0 aliphatic carbocycles. The Hall–Kier alpha value is -2.96. The minimum atomic E-state index is -4.42. The van der Waals surface area contributed by atoms with Gasteiger partial charge in [0.05, 0.1) is 16.9 Å². The summed E-state index contributed by atoms with van der Waals surface area (Å²) in [7, 11) is -7.10. The zero-order valence-corrected chi connectivity index (χ0v) is 25.4. The minimum Gasteiger partial charge on any atom is -0.409 e. The lowest BCUT2D eigenvalue weighted by atomic mass is 9.77.